The van der Waals surface area contributed by atoms with E-state index in [0.29, 0.717) is 19.6 Å². The molecule has 70 valence electrons. The topological polar surface area (TPSA) is 38.8 Å². The monoisotopic (exact) mass is 212 g/mol. The fraction of sp³-hybridized carbons (Fsp3) is 0.857. The molecule has 5 heteroatoms. The van der Waals surface area contributed by atoms with Crippen molar-refractivity contribution in [2.45, 2.75) is 23.8 Å². The average Bonchev–Trinajstić information content (AvgIpc) is 2.69. The van der Waals surface area contributed by atoms with E-state index in [2.05, 4.69) is 0 Å². The molecule has 0 N–H and O–H groups in total. The minimum Gasteiger partial charge on any atom is -0.464 e. The van der Waals surface area contributed by atoms with Gasteiger partial charge in [-0.15, -0.1) is 23.2 Å². The summed E-state index contributed by atoms with van der Waals surface area (Å²) in [6.45, 7) is 2.45. The molecular formula is C7H10Cl2O3. The Kier molecular flexibility index (Phi) is 3.21. The summed E-state index contributed by atoms with van der Waals surface area (Å²) in [4.78, 5) is 10.6. The predicted molar refractivity (Wildman–Crippen MR) is 45.4 cm³/mol. The highest BCUT2D eigenvalue weighted by Crippen LogP contribution is 2.35. The summed E-state index contributed by atoms with van der Waals surface area (Å²) in [5.41, 5.74) is -0.843. The summed E-state index contributed by atoms with van der Waals surface area (Å²) >= 11 is 11.0. The number of epoxide rings is 1. The molecule has 0 amide bonds. The fourth-order valence-corrected chi connectivity index (χ4v) is 1.42. The standard InChI is InChI=1S/C7H10Cl2O3/c1-2-11-6(10)7(4-12-7)3-5(8)9/h5H,2-4H2,1H3. The van der Waals surface area contributed by atoms with E-state index in [1.165, 1.54) is 0 Å². The third-order valence-corrected chi connectivity index (χ3v) is 1.93. The van der Waals surface area contributed by atoms with Crippen molar-refractivity contribution in [2.24, 2.45) is 0 Å². The van der Waals surface area contributed by atoms with Gasteiger partial charge in [-0.3, -0.25) is 0 Å². The van der Waals surface area contributed by atoms with Crippen molar-refractivity contribution in [3.63, 3.8) is 0 Å². The molecule has 1 atom stereocenters. The molecule has 3 nitrogen and oxygen atoms in total. The van der Waals surface area contributed by atoms with Crippen molar-refractivity contribution in [2.75, 3.05) is 13.2 Å². The molecule has 0 aliphatic carbocycles. The van der Waals surface area contributed by atoms with Gasteiger partial charge in [0.15, 0.2) is 5.60 Å². The van der Waals surface area contributed by atoms with Gasteiger partial charge in [0.25, 0.3) is 0 Å². The van der Waals surface area contributed by atoms with Gasteiger partial charge in [-0.05, 0) is 6.92 Å². The van der Waals surface area contributed by atoms with Crippen LogP contribution in [0, 0.1) is 0 Å². The lowest BCUT2D eigenvalue weighted by molar-refractivity contribution is -0.149. The van der Waals surface area contributed by atoms with Crippen molar-refractivity contribution >= 4 is 29.2 Å². The van der Waals surface area contributed by atoms with Crippen LogP contribution in [0.3, 0.4) is 0 Å². The number of esters is 1. The summed E-state index contributed by atoms with van der Waals surface area (Å²) in [6, 6.07) is 0. The largest absolute Gasteiger partial charge is 0.464 e. The Morgan fingerprint density at radius 3 is 2.67 bits per heavy atom. The second kappa shape index (κ2) is 3.81. The van der Waals surface area contributed by atoms with Crippen molar-refractivity contribution in [3.05, 3.63) is 0 Å². The molecule has 0 aromatic heterocycles. The predicted octanol–water partition coefficient (Wildman–Crippen LogP) is 1.51. The summed E-state index contributed by atoms with van der Waals surface area (Å²) in [5, 5.41) is 0. The molecule has 1 unspecified atom stereocenters. The molecule has 1 aliphatic rings. The summed E-state index contributed by atoms with van der Waals surface area (Å²) < 4.78 is 9.77. The van der Waals surface area contributed by atoms with Crippen LogP contribution in [0.4, 0.5) is 0 Å². The summed E-state index contributed by atoms with van der Waals surface area (Å²) in [6.07, 6.45) is 0.301. The van der Waals surface area contributed by atoms with Gasteiger partial charge in [-0.1, -0.05) is 0 Å². The quantitative estimate of drug-likeness (QED) is 0.403. The highest BCUT2D eigenvalue weighted by atomic mass is 35.5. The second-order valence-electron chi connectivity index (χ2n) is 2.60. The van der Waals surface area contributed by atoms with Gasteiger partial charge < -0.3 is 9.47 Å². The first-order valence-corrected chi connectivity index (χ1v) is 4.57. The summed E-state index contributed by atoms with van der Waals surface area (Å²) in [7, 11) is 0. The number of alkyl halides is 2. The maximum absolute atomic E-state index is 11.2. The zero-order chi connectivity index (χ0) is 9.19. The van der Waals surface area contributed by atoms with Crippen LogP contribution in [-0.2, 0) is 14.3 Å². The SMILES string of the molecule is CCOC(=O)C1(CC(Cl)Cl)CO1. The lowest BCUT2D eigenvalue weighted by Crippen LogP contribution is -2.29. The van der Waals surface area contributed by atoms with Crippen molar-refractivity contribution in [3.8, 4) is 0 Å². The van der Waals surface area contributed by atoms with E-state index in [-0.39, 0.29) is 5.97 Å². The number of hydrogen-bond donors (Lipinski definition) is 0. The van der Waals surface area contributed by atoms with Crippen molar-refractivity contribution in [1.82, 2.24) is 0 Å². The van der Waals surface area contributed by atoms with Crippen LogP contribution in [-0.4, -0.2) is 29.6 Å². The third kappa shape index (κ3) is 2.25. The van der Waals surface area contributed by atoms with Gasteiger partial charge in [0.2, 0.25) is 0 Å². The highest BCUT2D eigenvalue weighted by molar-refractivity contribution is 6.44. The maximum Gasteiger partial charge on any atom is 0.340 e. The number of carbonyl (C=O) groups is 1. The van der Waals surface area contributed by atoms with E-state index in [9.17, 15) is 4.79 Å². The normalized spacial score (nSPS) is 27.3. The molecule has 1 aliphatic heterocycles. The van der Waals surface area contributed by atoms with Gasteiger partial charge in [0.1, 0.15) is 4.84 Å². The molecule has 0 aromatic carbocycles. The van der Waals surface area contributed by atoms with Crippen LogP contribution < -0.4 is 0 Å². The van der Waals surface area contributed by atoms with Crippen LogP contribution in [0.2, 0.25) is 0 Å². The molecule has 1 fully saturated rings. The first-order chi connectivity index (χ1) is 5.60. The van der Waals surface area contributed by atoms with E-state index < -0.39 is 10.4 Å². The molecule has 12 heavy (non-hydrogen) atoms. The Bertz CT molecular complexity index is 177. The van der Waals surface area contributed by atoms with Crippen LogP contribution in [0.1, 0.15) is 13.3 Å². The fourth-order valence-electron chi connectivity index (χ4n) is 0.918. The molecule has 0 spiro atoms. The van der Waals surface area contributed by atoms with E-state index in [1.807, 2.05) is 0 Å². The van der Waals surface area contributed by atoms with E-state index in [4.69, 9.17) is 32.7 Å². The Hall–Kier alpha value is 0.01000. The maximum atomic E-state index is 11.2. The molecule has 1 rings (SSSR count). The third-order valence-electron chi connectivity index (χ3n) is 1.62. The number of halogens is 2. The Morgan fingerprint density at radius 2 is 2.33 bits per heavy atom. The lowest BCUT2D eigenvalue weighted by Gasteiger charge is -2.10. The second-order valence-corrected chi connectivity index (χ2v) is 3.88. The Balaban J connectivity index is 2.43. The minimum absolute atomic E-state index is 0.301. The van der Waals surface area contributed by atoms with Crippen LogP contribution in [0.25, 0.3) is 0 Å². The molecule has 1 saturated heterocycles. The van der Waals surface area contributed by atoms with Crippen LogP contribution in [0.5, 0.6) is 0 Å². The lowest BCUT2D eigenvalue weighted by atomic mass is 10.1. The molecule has 1 heterocycles. The van der Waals surface area contributed by atoms with Gasteiger partial charge in [0, 0.05) is 6.42 Å². The number of hydrogen-bond acceptors (Lipinski definition) is 3. The molecule has 0 radical (unpaired) electrons. The van der Waals surface area contributed by atoms with Gasteiger partial charge >= 0.3 is 5.97 Å². The Labute approximate surface area is 80.9 Å². The first kappa shape index (κ1) is 10.1. The number of carbonyl (C=O) groups excluding carboxylic acids is 1. The molecule has 0 aromatic rings. The molecular weight excluding hydrogens is 203 g/mol. The minimum atomic E-state index is -0.843. The smallest absolute Gasteiger partial charge is 0.340 e. The average molecular weight is 213 g/mol. The first-order valence-electron chi connectivity index (χ1n) is 3.70. The summed E-state index contributed by atoms with van der Waals surface area (Å²) in [5.74, 6) is -0.365. The van der Waals surface area contributed by atoms with Crippen LogP contribution >= 0.6 is 23.2 Å². The van der Waals surface area contributed by atoms with Gasteiger partial charge in [-0.2, -0.15) is 0 Å². The molecule has 0 saturated carbocycles. The van der Waals surface area contributed by atoms with E-state index in [0.717, 1.165) is 0 Å². The molecule has 0 bridgehead atoms. The van der Waals surface area contributed by atoms with Crippen molar-refractivity contribution in [1.29, 1.82) is 0 Å². The van der Waals surface area contributed by atoms with Crippen molar-refractivity contribution < 1.29 is 14.3 Å². The number of rotatable bonds is 4. The Morgan fingerprint density at radius 1 is 1.75 bits per heavy atom. The van der Waals surface area contributed by atoms with E-state index in [1.54, 1.807) is 6.92 Å². The van der Waals surface area contributed by atoms with Gasteiger partial charge in [0.05, 0.1) is 13.2 Å². The van der Waals surface area contributed by atoms with Gasteiger partial charge in [-0.25, -0.2) is 4.79 Å². The highest BCUT2D eigenvalue weighted by Gasteiger charge is 2.54. The van der Waals surface area contributed by atoms with Crippen LogP contribution in [0.15, 0.2) is 0 Å². The zero-order valence-electron chi connectivity index (χ0n) is 6.68. The number of ether oxygens (including phenoxy) is 2. The zero-order valence-corrected chi connectivity index (χ0v) is 8.19. The van der Waals surface area contributed by atoms with E-state index >= 15 is 0 Å².